The van der Waals surface area contributed by atoms with Crippen molar-refractivity contribution in [3.05, 3.63) is 200 Å². The third-order valence-corrected chi connectivity index (χ3v) is 13.3. The second-order valence-corrected chi connectivity index (χ2v) is 16.7. The highest BCUT2D eigenvalue weighted by Crippen LogP contribution is 2.52. The van der Waals surface area contributed by atoms with Gasteiger partial charge in [-0.25, -0.2) is 4.98 Å². The first-order valence-corrected chi connectivity index (χ1v) is 21.3. The molecule has 0 radical (unpaired) electrons. The van der Waals surface area contributed by atoms with Crippen LogP contribution in [0.2, 0.25) is 0 Å². The summed E-state index contributed by atoms with van der Waals surface area (Å²) in [6, 6.07) is 71.5. The van der Waals surface area contributed by atoms with E-state index in [9.17, 15) is 0 Å². The Hall–Kier alpha value is -7.80. The zero-order valence-corrected chi connectivity index (χ0v) is 33.5. The van der Waals surface area contributed by atoms with Crippen LogP contribution in [0.4, 0.5) is 0 Å². The Bertz CT molecular complexity index is 3660. The van der Waals surface area contributed by atoms with Crippen LogP contribution in [-0.2, 0) is 0 Å². The van der Waals surface area contributed by atoms with Crippen LogP contribution in [0, 0.1) is 0 Å². The molecule has 0 saturated heterocycles. The molecule has 0 amide bonds. The lowest BCUT2D eigenvalue weighted by molar-refractivity contribution is 0.953. The van der Waals surface area contributed by atoms with Crippen molar-refractivity contribution in [2.75, 3.05) is 0 Å². The number of nitrogens with zero attached hydrogens (tertiary/aromatic N) is 5. The van der Waals surface area contributed by atoms with E-state index in [0.29, 0.717) is 17.6 Å². The van der Waals surface area contributed by atoms with Gasteiger partial charge in [0.1, 0.15) is 0 Å². The summed E-state index contributed by atoms with van der Waals surface area (Å²) in [6.07, 6.45) is 0. The highest BCUT2D eigenvalue weighted by Gasteiger charge is 2.25. The molecule has 0 N–H and O–H groups in total. The molecular formula is C55H33N5S. The number of hydrogen-bond donors (Lipinski definition) is 0. The number of rotatable bonds is 5. The maximum atomic E-state index is 5.18. The molecule has 1 aliphatic rings. The molecule has 5 nitrogen and oxygen atoms in total. The van der Waals surface area contributed by atoms with E-state index in [-0.39, 0.29) is 0 Å². The van der Waals surface area contributed by atoms with Crippen LogP contribution >= 0.6 is 11.8 Å². The van der Waals surface area contributed by atoms with E-state index in [1.165, 1.54) is 53.5 Å². The fraction of sp³-hybridized carbons (Fsp3) is 0. The maximum absolute atomic E-state index is 5.18. The number of hydrogen-bond acceptors (Lipinski definition) is 4. The molecule has 6 heteroatoms. The molecule has 0 fully saturated rings. The number of benzene rings is 9. The van der Waals surface area contributed by atoms with Gasteiger partial charge in [0, 0.05) is 53.5 Å². The van der Waals surface area contributed by atoms with Crippen molar-refractivity contribution in [1.82, 2.24) is 24.1 Å². The Balaban J connectivity index is 1.03. The minimum absolute atomic E-state index is 0.582. The summed E-state index contributed by atoms with van der Waals surface area (Å²) in [5, 5.41) is 7.45. The summed E-state index contributed by atoms with van der Waals surface area (Å²) in [7, 11) is 0. The van der Waals surface area contributed by atoms with Gasteiger partial charge in [0.15, 0.2) is 11.6 Å². The smallest absolute Gasteiger partial charge is 0.238 e. The normalized spacial score (nSPS) is 12.2. The van der Waals surface area contributed by atoms with Crippen LogP contribution in [0.3, 0.4) is 0 Å². The Morgan fingerprint density at radius 3 is 1.66 bits per heavy atom. The fourth-order valence-corrected chi connectivity index (χ4v) is 10.6. The summed E-state index contributed by atoms with van der Waals surface area (Å²) in [5.74, 6) is 1.85. The highest BCUT2D eigenvalue weighted by molar-refractivity contribution is 7.99. The standard InChI is InChI=1S/C55H33N5S/c1-4-15-34(16-5-1)53-56-54(35-17-6-2-7-18-35)58-55(57-53)60-45-24-12-10-21-39(45)40-29-27-37(32-47(40)60)36-28-30-49-43(31-36)44-33-48-51(42-23-14-26-50(61-49)52(42)44)41-22-11-13-25-46(41)59(48)38-19-8-3-9-20-38/h1-33H. The van der Waals surface area contributed by atoms with Gasteiger partial charge < -0.3 is 4.57 Å². The van der Waals surface area contributed by atoms with Gasteiger partial charge in [0.25, 0.3) is 0 Å². The zero-order chi connectivity index (χ0) is 40.0. The summed E-state index contributed by atoms with van der Waals surface area (Å²) >= 11 is 1.87. The first-order valence-electron chi connectivity index (χ1n) is 20.5. The van der Waals surface area contributed by atoms with Crippen molar-refractivity contribution < 1.29 is 0 Å². The summed E-state index contributed by atoms with van der Waals surface area (Å²) in [6.45, 7) is 0. The van der Waals surface area contributed by atoms with Gasteiger partial charge >= 0.3 is 0 Å². The van der Waals surface area contributed by atoms with Gasteiger partial charge in [-0.1, -0.05) is 157 Å². The molecular weight excluding hydrogens is 763 g/mol. The fourth-order valence-electron chi connectivity index (χ4n) is 9.45. The van der Waals surface area contributed by atoms with Crippen molar-refractivity contribution >= 4 is 66.1 Å². The summed E-state index contributed by atoms with van der Waals surface area (Å²) in [5.41, 5.74) is 12.3. The van der Waals surface area contributed by atoms with Crippen LogP contribution in [0.5, 0.6) is 0 Å². The van der Waals surface area contributed by atoms with E-state index in [4.69, 9.17) is 15.0 Å². The van der Waals surface area contributed by atoms with Crippen LogP contribution in [0.1, 0.15) is 0 Å². The van der Waals surface area contributed by atoms with Crippen LogP contribution in [0.25, 0.3) is 111 Å². The Labute approximate surface area is 355 Å². The lowest BCUT2D eigenvalue weighted by Gasteiger charge is -2.22. The summed E-state index contributed by atoms with van der Waals surface area (Å²) < 4.78 is 4.64. The molecule has 61 heavy (non-hydrogen) atoms. The van der Waals surface area contributed by atoms with Crippen molar-refractivity contribution in [2.45, 2.75) is 9.79 Å². The molecule has 13 rings (SSSR count). The second-order valence-electron chi connectivity index (χ2n) is 15.6. The lowest BCUT2D eigenvalue weighted by Crippen LogP contribution is -2.06. The molecule has 3 aromatic heterocycles. The quantitative estimate of drug-likeness (QED) is 0.174. The van der Waals surface area contributed by atoms with E-state index in [1.54, 1.807) is 0 Å². The third-order valence-electron chi connectivity index (χ3n) is 12.2. The van der Waals surface area contributed by atoms with Gasteiger partial charge in [-0.15, -0.1) is 0 Å². The van der Waals surface area contributed by atoms with Gasteiger partial charge in [-0.2, -0.15) is 9.97 Å². The topological polar surface area (TPSA) is 48.5 Å². The van der Waals surface area contributed by atoms with E-state index in [2.05, 4.69) is 173 Å². The SMILES string of the molecule is c1ccc(-c2nc(-c3ccccc3)nc(-n3c4ccccc4c4ccc(-c5ccc6c(c5)-c5cc7c(c8cccc(c58)S6)c5ccccc5n7-c5ccccc5)cc43)n2)cc1. The van der Waals surface area contributed by atoms with Gasteiger partial charge in [-0.3, -0.25) is 4.57 Å². The average molecular weight is 796 g/mol. The summed E-state index contributed by atoms with van der Waals surface area (Å²) in [4.78, 5) is 17.9. The van der Waals surface area contributed by atoms with Crippen molar-refractivity contribution in [1.29, 1.82) is 0 Å². The lowest BCUT2D eigenvalue weighted by atomic mass is 9.92. The zero-order valence-electron chi connectivity index (χ0n) is 32.7. The number of fused-ring (bicyclic) bond motifs is 9. The van der Waals surface area contributed by atoms with E-state index < -0.39 is 0 Å². The predicted octanol–water partition coefficient (Wildman–Crippen LogP) is 14.4. The van der Waals surface area contributed by atoms with Crippen molar-refractivity contribution in [3.8, 4) is 56.7 Å². The first-order chi connectivity index (χ1) is 30.2. The Morgan fingerprint density at radius 2 is 0.918 bits per heavy atom. The molecule has 284 valence electrons. The largest absolute Gasteiger partial charge is 0.309 e. The predicted molar refractivity (Wildman–Crippen MR) is 252 cm³/mol. The monoisotopic (exact) mass is 795 g/mol. The van der Waals surface area contributed by atoms with E-state index >= 15 is 0 Å². The number of para-hydroxylation sites is 3. The number of aromatic nitrogens is 5. The maximum Gasteiger partial charge on any atom is 0.238 e. The Kier molecular flexibility index (Phi) is 7.47. The van der Waals surface area contributed by atoms with Gasteiger partial charge in [0.05, 0.1) is 22.1 Å². The van der Waals surface area contributed by atoms with Crippen LogP contribution < -0.4 is 0 Å². The van der Waals surface area contributed by atoms with Crippen LogP contribution in [-0.4, -0.2) is 24.1 Å². The molecule has 0 bridgehead atoms. The molecule has 12 aromatic rings. The van der Waals surface area contributed by atoms with E-state index in [1.807, 2.05) is 48.2 Å². The molecule has 9 aromatic carbocycles. The Morgan fingerprint density at radius 1 is 0.328 bits per heavy atom. The van der Waals surface area contributed by atoms with Crippen LogP contribution in [0.15, 0.2) is 210 Å². The molecule has 4 heterocycles. The minimum atomic E-state index is 0.582. The van der Waals surface area contributed by atoms with E-state index in [0.717, 1.165) is 49.7 Å². The third kappa shape index (κ3) is 5.26. The van der Waals surface area contributed by atoms with Gasteiger partial charge in [0.2, 0.25) is 5.95 Å². The molecule has 0 aliphatic carbocycles. The average Bonchev–Trinajstić information content (AvgIpc) is 3.85. The minimum Gasteiger partial charge on any atom is -0.309 e. The molecule has 1 aliphatic heterocycles. The van der Waals surface area contributed by atoms with Crippen molar-refractivity contribution in [3.63, 3.8) is 0 Å². The van der Waals surface area contributed by atoms with Crippen molar-refractivity contribution in [2.24, 2.45) is 0 Å². The molecule has 0 atom stereocenters. The molecule has 0 saturated carbocycles. The first kappa shape index (κ1) is 34.1. The van der Waals surface area contributed by atoms with Gasteiger partial charge in [-0.05, 0) is 82.2 Å². The second kappa shape index (κ2) is 13.4. The molecule has 0 unspecified atom stereocenters. The molecule has 0 spiro atoms. The highest BCUT2D eigenvalue weighted by atomic mass is 32.2.